The predicted molar refractivity (Wildman–Crippen MR) is 125 cm³/mol. The maximum absolute atomic E-state index is 12.7. The summed E-state index contributed by atoms with van der Waals surface area (Å²) < 4.78 is 6.01. The fourth-order valence-corrected chi connectivity index (χ4v) is 4.62. The van der Waals surface area contributed by atoms with Crippen molar-refractivity contribution in [2.45, 2.75) is 44.2 Å². The summed E-state index contributed by atoms with van der Waals surface area (Å²) in [6.45, 7) is 8.80. The van der Waals surface area contributed by atoms with E-state index < -0.39 is 0 Å². The van der Waals surface area contributed by atoms with Gasteiger partial charge in [0.05, 0.1) is 11.6 Å². The molecule has 32 heavy (non-hydrogen) atoms. The lowest BCUT2D eigenvalue weighted by Crippen LogP contribution is -2.34. The van der Waals surface area contributed by atoms with Crippen molar-refractivity contribution < 1.29 is 14.3 Å². The fraction of sp³-hybridized carbons (Fsp3) is 0.400. The van der Waals surface area contributed by atoms with Crippen molar-refractivity contribution in [3.8, 4) is 5.75 Å². The van der Waals surface area contributed by atoms with Crippen molar-refractivity contribution >= 4 is 35.2 Å². The van der Waals surface area contributed by atoms with E-state index in [0.717, 1.165) is 57.2 Å². The van der Waals surface area contributed by atoms with Gasteiger partial charge >= 0.3 is 0 Å². The Morgan fingerprint density at radius 2 is 1.88 bits per heavy atom. The first kappa shape index (κ1) is 22.2. The van der Waals surface area contributed by atoms with Crippen LogP contribution in [0.15, 0.2) is 42.5 Å². The molecule has 1 amide bonds. The van der Waals surface area contributed by atoms with Crippen LogP contribution in [0.1, 0.15) is 42.5 Å². The third-order valence-corrected chi connectivity index (χ3v) is 6.59. The molecule has 0 radical (unpaired) electrons. The van der Waals surface area contributed by atoms with Gasteiger partial charge in [0.15, 0.2) is 0 Å². The van der Waals surface area contributed by atoms with Gasteiger partial charge in [0, 0.05) is 42.7 Å². The van der Waals surface area contributed by atoms with Crippen LogP contribution in [0.4, 0.5) is 11.4 Å². The van der Waals surface area contributed by atoms with Crippen LogP contribution in [0, 0.1) is 12.5 Å². The van der Waals surface area contributed by atoms with E-state index in [4.69, 9.17) is 22.9 Å². The number of hydrogen-bond donors (Lipinski definition) is 1. The summed E-state index contributed by atoms with van der Waals surface area (Å²) in [5.41, 5.74) is 2.14. The average Bonchev–Trinajstić information content (AvgIpc) is 3.26. The molecule has 7 heteroatoms. The van der Waals surface area contributed by atoms with Crippen molar-refractivity contribution in [3.05, 3.63) is 64.5 Å². The van der Waals surface area contributed by atoms with Crippen LogP contribution in [0.25, 0.3) is 4.85 Å². The van der Waals surface area contributed by atoms with Crippen molar-refractivity contribution in [3.63, 3.8) is 0 Å². The van der Waals surface area contributed by atoms with Crippen LogP contribution in [-0.4, -0.2) is 37.4 Å². The van der Waals surface area contributed by atoms with Crippen molar-refractivity contribution in [2.75, 3.05) is 18.0 Å². The second-order valence-electron chi connectivity index (χ2n) is 8.46. The molecule has 2 aliphatic rings. The standard InChI is InChI=1S/C25H26ClN3O3/c1-27-24-9-8-22(15-23(24)26)32-21-7-4-19(14-21)28-25(31)18-2-5-20(6-3-18)29-12-10-17(16-30)11-13-29/h2-3,5-6,8-9,15-17,19,21H,4,7,10-14H2,(H,28,31)/t19-,21-/m0/s1. The molecule has 2 aromatic carbocycles. The summed E-state index contributed by atoms with van der Waals surface area (Å²) in [6.07, 6.45) is 5.27. The third kappa shape index (κ3) is 5.23. The molecule has 1 aliphatic carbocycles. The molecule has 2 fully saturated rings. The Morgan fingerprint density at radius 1 is 1.12 bits per heavy atom. The molecular formula is C25H26ClN3O3. The number of amides is 1. The van der Waals surface area contributed by atoms with Crippen LogP contribution in [0.3, 0.4) is 0 Å². The number of aldehydes is 1. The zero-order valence-electron chi connectivity index (χ0n) is 17.8. The highest BCUT2D eigenvalue weighted by Crippen LogP contribution is 2.32. The molecule has 1 saturated carbocycles. The second-order valence-corrected chi connectivity index (χ2v) is 8.86. The van der Waals surface area contributed by atoms with Crippen LogP contribution in [-0.2, 0) is 4.79 Å². The first-order valence-corrected chi connectivity index (χ1v) is 11.4. The van der Waals surface area contributed by atoms with E-state index in [1.165, 1.54) is 0 Å². The third-order valence-electron chi connectivity index (χ3n) is 6.29. The van der Waals surface area contributed by atoms with E-state index in [1.807, 2.05) is 24.3 Å². The number of hydrogen-bond acceptors (Lipinski definition) is 4. The minimum atomic E-state index is -0.0775. The number of nitrogens with zero attached hydrogens (tertiary/aromatic N) is 2. The van der Waals surface area contributed by atoms with Gasteiger partial charge < -0.3 is 19.7 Å². The SMILES string of the molecule is [C-]#[N+]c1ccc(O[C@H]2CC[C@H](NC(=O)c3ccc(N4CCC(C=O)CC4)cc3)C2)cc1Cl. The Balaban J connectivity index is 1.27. The summed E-state index contributed by atoms with van der Waals surface area (Å²) in [6, 6.07) is 12.8. The minimum absolute atomic E-state index is 0.00632. The summed E-state index contributed by atoms with van der Waals surface area (Å²) >= 11 is 6.09. The number of carbonyl (C=O) groups is 2. The number of halogens is 1. The number of nitrogens with one attached hydrogen (secondary N) is 1. The summed E-state index contributed by atoms with van der Waals surface area (Å²) in [7, 11) is 0. The van der Waals surface area contributed by atoms with Gasteiger partial charge in [0.1, 0.15) is 18.1 Å². The molecule has 1 aliphatic heterocycles. The molecule has 2 atom stereocenters. The zero-order chi connectivity index (χ0) is 22.5. The summed E-state index contributed by atoms with van der Waals surface area (Å²) in [5.74, 6) is 0.740. The van der Waals surface area contributed by atoms with E-state index in [2.05, 4.69) is 15.1 Å². The first-order chi connectivity index (χ1) is 15.6. The summed E-state index contributed by atoms with van der Waals surface area (Å²) in [5, 5.41) is 3.50. The Labute approximate surface area is 193 Å². The van der Waals surface area contributed by atoms with Gasteiger partial charge in [-0.2, -0.15) is 0 Å². The smallest absolute Gasteiger partial charge is 0.251 e. The van der Waals surface area contributed by atoms with Crippen molar-refractivity contribution in [1.82, 2.24) is 5.32 Å². The largest absolute Gasteiger partial charge is 0.490 e. The lowest BCUT2D eigenvalue weighted by atomic mass is 9.98. The molecule has 1 N–H and O–H groups in total. The number of carbonyl (C=O) groups excluding carboxylic acids is 2. The average molecular weight is 452 g/mol. The topological polar surface area (TPSA) is 63.0 Å². The highest BCUT2D eigenvalue weighted by molar-refractivity contribution is 6.33. The number of rotatable bonds is 6. The minimum Gasteiger partial charge on any atom is -0.490 e. The maximum atomic E-state index is 12.7. The van der Waals surface area contributed by atoms with Gasteiger partial charge in [0.25, 0.3) is 5.91 Å². The number of benzene rings is 2. The van der Waals surface area contributed by atoms with E-state index in [9.17, 15) is 9.59 Å². The molecule has 6 nitrogen and oxygen atoms in total. The molecule has 2 aromatic rings. The molecule has 1 saturated heterocycles. The highest BCUT2D eigenvalue weighted by atomic mass is 35.5. The fourth-order valence-electron chi connectivity index (χ4n) is 4.41. The van der Waals surface area contributed by atoms with Gasteiger partial charge in [0.2, 0.25) is 5.69 Å². The Bertz CT molecular complexity index is 1010. The molecule has 4 rings (SSSR count). The summed E-state index contributed by atoms with van der Waals surface area (Å²) in [4.78, 5) is 29.2. The van der Waals surface area contributed by atoms with Gasteiger partial charge in [-0.15, -0.1) is 0 Å². The zero-order valence-corrected chi connectivity index (χ0v) is 18.6. The molecule has 0 spiro atoms. The van der Waals surface area contributed by atoms with E-state index in [0.29, 0.717) is 22.0 Å². The lowest BCUT2D eigenvalue weighted by molar-refractivity contribution is -0.111. The van der Waals surface area contributed by atoms with E-state index in [-0.39, 0.29) is 24.0 Å². The van der Waals surface area contributed by atoms with Crippen molar-refractivity contribution in [2.24, 2.45) is 5.92 Å². The van der Waals surface area contributed by atoms with Gasteiger partial charge in [-0.25, -0.2) is 4.85 Å². The Kier molecular flexibility index (Phi) is 6.96. The maximum Gasteiger partial charge on any atom is 0.251 e. The highest BCUT2D eigenvalue weighted by Gasteiger charge is 2.28. The first-order valence-electron chi connectivity index (χ1n) is 11.0. The van der Waals surface area contributed by atoms with Gasteiger partial charge in [-0.3, -0.25) is 4.79 Å². The molecule has 166 valence electrons. The van der Waals surface area contributed by atoms with Crippen LogP contribution >= 0.6 is 11.6 Å². The molecule has 1 heterocycles. The number of anilines is 1. The molecule has 0 bridgehead atoms. The van der Waals surface area contributed by atoms with Gasteiger partial charge in [-0.05, 0) is 62.1 Å². The number of piperidine rings is 1. The van der Waals surface area contributed by atoms with Crippen LogP contribution in [0.2, 0.25) is 5.02 Å². The van der Waals surface area contributed by atoms with Gasteiger partial charge in [-0.1, -0.05) is 17.7 Å². The van der Waals surface area contributed by atoms with E-state index in [1.54, 1.807) is 18.2 Å². The molecule has 0 unspecified atom stereocenters. The number of ether oxygens (including phenoxy) is 1. The van der Waals surface area contributed by atoms with Crippen molar-refractivity contribution in [1.29, 1.82) is 0 Å². The molecule has 0 aromatic heterocycles. The quantitative estimate of drug-likeness (QED) is 0.494. The Morgan fingerprint density at radius 3 is 2.53 bits per heavy atom. The lowest BCUT2D eigenvalue weighted by Gasteiger charge is -2.31. The monoisotopic (exact) mass is 451 g/mol. The Hall–Kier alpha value is -3.04. The second kappa shape index (κ2) is 10.1. The van der Waals surface area contributed by atoms with E-state index >= 15 is 0 Å². The predicted octanol–water partition coefficient (Wildman–Crippen LogP) is 5.04. The van der Waals surface area contributed by atoms with Crippen LogP contribution in [0.5, 0.6) is 5.75 Å². The van der Waals surface area contributed by atoms with Crippen LogP contribution < -0.4 is 15.0 Å². The normalized spacial score (nSPS) is 21.1. The molecular weight excluding hydrogens is 426 g/mol.